The highest BCUT2D eigenvalue weighted by Crippen LogP contribution is 2.44. The summed E-state index contributed by atoms with van der Waals surface area (Å²) in [4.78, 5) is 27.5. The molecule has 0 saturated carbocycles. The van der Waals surface area contributed by atoms with Crippen molar-refractivity contribution in [1.29, 1.82) is 0 Å². The first-order valence-corrected chi connectivity index (χ1v) is 11.7. The Labute approximate surface area is 207 Å². The van der Waals surface area contributed by atoms with Crippen molar-refractivity contribution in [2.24, 2.45) is 0 Å². The molecule has 1 aromatic heterocycles. The number of nitrogens with zero attached hydrogens (tertiary/aromatic N) is 2. The normalized spacial score (nSPS) is 17.0. The Morgan fingerprint density at radius 2 is 1.86 bits per heavy atom. The Kier molecular flexibility index (Phi) is 7.38. The average molecular weight is 495 g/mol. The van der Waals surface area contributed by atoms with E-state index in [0.29, 0.717) is 29.4 Å². The zero-order valence-electron chi connectivity index (χ0n) is 20.3. The van der Waals surface area contributed by atoms with Crippen LogP contribution in [0.1, 0.15) is 49.1 Å². The summed E-state index contributed by atoms with van der Waals surface area (Å²) in [6.45, 7) is 4.28. The molecule has 1 atom stereocenters. The smallest absolute Gasteiger partial charge is 0.301 e. The van der Waals surface area contributed by atoms with Crippen molar-refractivity contribution >= 4 is 23.3 Å². The van der Waals surface area contributed by atoms with Crippen LogP contribution >= 0.6 is 0 Å². The number of unbranched alkanes of at least 4 members (excludes halogenated alkanes) is 2. The summed E-state index contributed by atoms with van der Waals surface area (Å²) in [6, 6.07) is 10.5. The Morgan fingerprint density at radius 1 is 1.11 bits per heavy atom. The number of halogens is 1. The number of aliphatic hydroxyl groups is 1. The van der Waals surface area contributed by atoms with Crippen LogP contribution < -0.4 is 14.4 Å². The summed E-state index contributed by atoms with van der Waals surface area (Å²) in [5.41, 5.74) is 0.515. The highest BCUT2D eigenvalue weighted by molar-refractivity contribution is 6.51. The number of ketones is 1. The number of anilines is 1. The highest BCUT2D eigenvalue weighted by Gasteiger charge is 2.48. The molecule has 1 aliphatic heterocycles. The SMILES string of the molecule is CCCCCOc1ccc([C@@H]2/C(=C(\O)c3ccc(F)cc3)C(=O)C(=O)N2c2cc(C)on2)cc1OC. The second-order valence-electron chi connectivity index (χ2n) is 8.44. The second-order valence-corrected chi connectivity index (χ2v) is 8.44. The van der Waals surface area contributed by atoms with E-state index in [-0.39, 0.29) is 17.0 Å². The molecule has 1 N–H and O–H groups in total. The van der Waals surface area contributed by atoms with E-state index in [1.54, 1.807) is 25.1 Å². The van der Waals surface area contributed by atoms with Crippen molar-refractivity contribution in [1.82, 2.24) is 5.16 Å². The molecule has 1 saturated heterocycles. The number of rotatable bonds is 9. The molecule has 8 nitrogen and oxygen atoms in total. The van der Waals surface area contributed by atoms with Crippen molar-refractivity contribution in [3.63, 3.8) is 0 Å². The molecule has 2 aromatic carbocycles. The number of hydrogen-bond acceptors (Lipinski definition) is 7. The van der Waals surface area contributed by atoms with Gasteiger partial charge in [-0.2, -0.15) is 0 Å². The fraction of sp³-hybridized carbons (Fsp3) is 0.296. The molecule has 0 aliphatic carbocycles. The summed E-state index contributed by atoms with van der Waals surface area (Å²) in [5.74, 6) is -1.22. The van der Waals surface area contributed by atoms with Crippen LogP contribution in [0, 0.1) is 12.7 Å². The largest absolute Gasteiger partial charge is 0.507 e. The van der Waals surface area contributed by atoms with E-state index in [1.165, 1.54) is 30.2 Å². The molecule has 36 heavy (non-hydrogen) atoms. The van der Waals surface area contributed by atoms with Crippen molar-refractivity contribution in [2.45, 2.75) is 39.2 Å². The lowest BCUT2D eigenvalue weighted by Crippen LogP contribution is -2.29. The van der Waals surface area contributed by atoms with E-state index >= 15 is 0 Å². The Hall–Kier alpha value is -4.14. The summed E-state index contributed by atoms with van der Waals surface area (Å²) in [7, 11) is 1.49. The van der Waals surface area contributed by atoms with Crippen molar-refractivity contribution in [3.05, 3.63) is 76.8 Å². The highest BCUT2D eigenvalue weighted by atomic mass is 19.1. The van der Waals surface area contributed by atoms with Crippen LogP contribution in [0.4, 0.5) is 10.2 Å². The van der Waals surface area contributed by atoms with Gasteiger partial charge >= 0.3 is 5.91 Å². The zero-order chi connectivity index (χ0) is 25.8. The van der Waals surface area contributed by atoms with Crippen LogP contribution in [0.5, 0.6) is 11.5 Å². The lowest BCUT2D eigenvalue weighted by molar-refractivity contribution is -0.132. The maximum Gasteiger partial charge on any atom is 0.301 e. The predicted octanol–water partition coefficient (Wildman–Crippen LogP) is 5.33. The number of Topliss-reactive ketones (excluding diaryl/α,β-unsaturated/α-hetero) is 1. The fourth-order valence-electron chi connectivity index (χ4n) is 4.12. The molecule has 0 unspecified atom stereocenters. The molecule has 2 heterocycles. The standard InChI is InChI=1S/C27H27FN2O6/c1-4-5-6-13-35-20-12-9-18(15-21(20)34-3)24-23(25(31)17-7-10-19(28)11-8-17)26(32)27(33)30(24)22-14-16(2)36-29-22/h7-12,14-15,24,31H,4-6,13H2,1-3H3/b25-23+/t24-/m1/s1. The first-order valence-electron chi connectivity index (χ1n) is 11.7. The van der Waals surface area contributed by atoms with Gasteiger partial charge in [-0.25, -0.2) is 4.39 Å². The van der Waals surface area contributed by atoms with E-state index in [1.807, 2.05) is 0 Å². The zero-order valence-corrected chi connectivity index (χ0v) is 20.3. The van der Waals surface area contributed by atoms with Gasteiger partial charge in [0.2, 0.25) is 0 Å². The molecule has 0 bridgehead atoms. The Bertz CT molecular complexity index is 1300. The second kappa shape index (κ2) is 10.6. The minimum Gasteiger partial charge on any atom is -0.507 e. The van der Waals surface area contributed by atoms with Crippen LogP contribution in [0.2, 0.25) is 0 Å². The molecule has 9 heteroatoms. The van der Waals surface area contributed by atoms with Gasteiger partial charge in [0, 0.05) is 11.6 Å². The van der Waals surface area contributed by atoms with Gasteiger partial charge in [0.05, 0.1) is 25.3 Å². The number of aromatic nitrogens is 1. The van der Waals surface area contributed by atoms with E-state index in [9.17, 15) is 19.1 Å². The number of aliphatic hydroxyl groups excluding tert-OH is 1. The number of aryl methyl sites for hydroxylation is 1. The third-order valence-electron chi connectivity index (χ3n) is 5.93. The molecule has 0 spiro atoms. The van der Waals surface area contributed by atoms with Crippen LogP contribution in [-0.2, 0) is 9.59 Å². The minimum absolute atomic E-state index is 0.122. The van der Waals surface area contributed by atoms with Crippen LogP contribution in [0.15, 0.2) is 58.6 Å². The maximum absolute atomic E-state index is 13.5. The summed E-state index contributed by atoms with van der Waals surface area (Å²) >= 11 is 0. The van der Waals surface area contributed by atoms with Crippen LogP contribution in [0.3, 0.4) is 0 Å². The van der Waals surface area contributed by atoms with Crippen molar-refractivity contribution in [2.75, 3.05) is 18.6 Å². The van der Waals surface area contributed by atoms with Gasteiger partial charge in [-0.3, -0.25) is 14.5 Å². The molecular weight excluding hydrogens is 467 g/mol. The van der Waals surface area contributed by atoms with Gasteiger partial charge in [-0.1, -0.05) is 31.0 Å². The van der Waals surface area contributed by atoms with Crippen LogP contribution in [0.25, 0.3) is 5.76 Å². The van der Waals surface area contributed by atoms with Gasteiger partial charge in [-0.05, 0) is 55.3 Å². The summed E-state index contributed by atoms with van der Waals surface area (Å²) in [5, 5.41) is 15.0. The van der Waals surface area contributed by atoms with Gasteiger partial charge in [0.15, 0.2) is 17.3 Å². The van der Waals surface area contributed by atoms with E-state index in [4.69, 9.17) is 14.0 Å². The number of hydrogen-bond donors (Lipinski definition) is 1. The van der Waals surface area contributed by atoms with Crippen LogP contribution in [-0.4, -0.2) is 35.7 Å². The van der Waals surface area contributed by atoms with Crippen molar-refractivity contribution in [3.8, 4) is 11.5 Å². The average Bonchev–Trinajstić information content (AvgIpc) is 3.42. The first-order chi connectivity index (χ1) is 17.3. The number of carbonyl (C=O) groups is 2. The molecule has 1 aliphatic rings. The number of methoxy groups -OCH3 is 1. The predicted molar refractivity (Wildman–Crippen MR) is 130 cm³/mol. The summed E-state index contributed by atoms with van der Waals surface area (Å²) in [6.07, 6.45) is 2.99. The monoisotopic (exact) mass is 494 g/mol. The molecule has 4 rings (SSSR count). The topological polar surface area (TPSA) is 102 Å². The Morgan fingerprint density at radius 3 is 2.50 bits per heavy atom. The molecular formula is C27H27FN2O6. The van der Waals surface area contributed by atoms with Crippen molar-refractivity contribution < 1.29 is 33.1 Å². The van der Waals surface area contributed by atoms with Gasteiger partial charge < -0.3 is 19.1 Å². The van der Waals surface area contributed by atoms with Gasteiger partial charge in [0.25, 0.3) is 5.78 Å². The molecule has 3 aromatic rings. The number of carbonyl (C=O) groups excluding carboxylic acids is 2. The van der Waals surface area contributed by atoms with Gasteiger partial charge in [-0.15, -0.1) is 0 Å². The lowest BCUT2D eigenvalue weighted by atomic mass is 9.95. The minimum atomic E-state index is -1.04. The Balaban J connectivity index is 1.83. The quantitative estimate of drug-likeness (QED) is 0.186. The molecule has 1 amide bonds. The lowest BCUT2D eigenvalue weighted by Gasteiger charge is -2.23. The molecule has 188 valence electrons. The fourth-order valence-corrected chi connectivity index (χ4v) is 4.12. The molecule has 0 radical (unpaired) electrons. The third kappa shape index (κ3) is 4.82. The summed E-state index contributed by atoms with van der Waals surface area (Å²) < 4.78 is 30.0. The number of benzene rings is 2. The van der Waals surface area contributed by atoms with Gasteiger partial charge in [0.1, 0.15) is 17.3 Å². The maximum atomic E-state index is 13.5. The van der Waals surface area contributed by atoms with E-state index in [0.717, 1.165) is 31.4 Å². The number of ether oxygens (including phenoxy) is 2. The third-order valence-corrected chi connectivity index (χ3v) is 5.93. The van der Waals surface area contributed by atoms with E-state index in [2.05, 4.69) is 12.1 Å². The first kappa shape index (κ1) is 25.0. The van der Waals surface area contributed by atoms with E-state index < -0.39 is 29.3 Å². The molecule has 1 fully saturated rings. The number of amides is 1.